The molecule has 0 aliphatic rings. The minimum absolute atomic E-state index is 0.297. The van der Waals surface area contributed by atoms with Gasteiger partial charge in [-0.3, -0.25) is 0 Å². The summed E-state index contributed by atoms with van der Waals surface area (Å²) in [7, 11) is 0. The molecule has 0 unspecified atom stereocenters. The van der Waals surface area contributed by atoms with Crippen LogP contribution in [0.1, 0.15) is 6.92 Å². The summed E-state index contributed by atoms with van der Waals surface area (Å²) in [4.78, 5) is 23.6. The lowest BCUT2D eigenvalue weighted by molar-refractivity contribution is -0.137. The number of nitroso groups, excluding NO2 is 1. The molecule has 2 aromatic carbocycles. The molecular weight excluding hydrogens is 332 g/mol. The van der Waals surface area contributed by atoms with Crippen LogP contribution in [0.5, 0.6) is 0 Å². The average Bonchev–Trinajstić information content (AvgIpc) is 2.70. The lowest BCUT2D eigenvalue weighted by Crippen LogP contribution is -2.27. The molecule has 2 rings (SSSR count). The standard InChI is InChI=1S/C19H20N4O3/c1-3-19(24)26-14-13-23(4-2)18-11-9-16(10-12-18)21-20-15-5-7-17(22-25)8-6-15/h3,5-12H,1,4,13-14H2,2H3/b21-20+. The van der Waals surface area contributed by atoms with Crippen LogP contribution in [0.4, 0.5) is 22.7 Å². The number of anilines is 1. The van der Waals surface area contributed by atoms with Crippen molar-refractivity contribution in [1.82, 2.24) is 0 Å². The quantitative estimate of drug-likeness (QED) is 0.273. The number of azo groups is 1. The highest BCUT2D eigenvalue weighted by Gasteiger charge is 2.05. The highest BCUT2D eigenvalue weighted by Crippen LogP contribution is 2.23. The second-order valence-corrected chi connectivity index (χ2v) is 5.28. The lowest BCUT2D eigenvalue weighted by atomic mass is 10.2. The van der Waals surface area contributed by atoms with Gasteiger partial charge in [0.25, 0.3) is 0 Å². The van der Waals surface area contributed by atoms with Gasteiger partial charge in [-0.1, -0.05) is 6.58 Å². The topological polar surface area (TPSA) is 83.7 Å². The summed E-state index contributed by atoms with van der Waals surface area (Å²) >= 11 is 0. The highest BCUT2D eigenvalue weighted by atomic mass is 16.5. The molecule has 134 valence electrons. The fraction of sp³-hybridized carbons (Fsp3) is 0.211. The molecule has 0 aliphatic heterocycles. The van der Waals surface area contributed by atoms with Crippen molar-refractivity contribution in [2.45, 2.75) is 6.92 Å². The van der Waals surface area contributed by atoms with Crippen molar-refractivity contribution in [1.29, 1.82) is 0 Å². The molecule has 0 saturated carbocycles. The first-order chi connectivity index (χ1) is 12.7. The molecule has 0 fully saturated rings. The molecule has 0 atom stereocenters. The molecule has 26 heavy (non-hydrogen) atoms. The Bertz CT molecular complexity index is 770. The third kappa shape index (κ3) is 5.62. The molecule has 7 heteroatoms. The zero-order valence-electron chi connectivity index (χ0n) is 14.5. The molecule has 0 aliphatic carbocycles. The smallest absolute Gasteiger partial charge is 0.330 e. The summed E-state index contributed by atoms with van der Waals surface area (Å²) in [5.41, 5.74) is 2.70. The normalized spacial score (nSPS) is 10.5. The van der Waals surface area contributed by atoms with Gasteiger partial charge in [-0.05, 0) is 60.6 Å². The SMILES string of the molecule is C=CC(=O)OCCN(CC)c1ccc(/N=N/c2ccc(N=O)cc2)cc1. The van der Waals surface area contributed by atoms with Crippen molar-refractivity contribution in [2.75, 3.05) is 24.6 Å². The van der Waals surface area contributed by atoms with Gasteiger partial charge in [0.1, 0.15) is 12.3 Å². The molecular formula is C19H20N4O3. The number of carbonyl (C=O) groups is 1. The first-order valence-electron chi connectivity index (χ1n) is 8.15. The molecule has 2 aromatic rings. The predicted octanol–water partition coefficient (Wildman–Crippen LogP) is 5.06. The molecule has 0 amide bonds. The number of ether oxygens (including phenoxy) is 1. The Morgan fingerprint density at radius 3 is 2.08 bits per heavy atom. The van der Waals surface area contributed by atoms with E-state index < -0.39 is 5.97 Å². The van der Waals surface area contributed by atoms with Crippen molar-refractivity contribution in [3.05, 3.63) is 66.1 Å². The Hall–Kier alpha value is -3.35. The molecule has 0 radical (unpaired) electrons. The van der Waals surface area contributed by atoms with E-state index in [9.17, 15) is 9.70 Å². The summed E-state index contributed by atoms with van der Waals surface area (Å²) in [5.74, 6) is -0.422. The Morgan fingerprint density at radius 1 is 1.04 bits per heavy atom. The fourth-order valence-electron chi connectivity index (χ4n) is 2.21. The second kappa shape index (κ2) is 9.83. The van der Waals surface area contributed by atoms with Gasteiger partial charge in [0.2, 0.25) is 0 Å². The highest BCUT2D eigenvalue weighted by molar-refractivity contribution is 5.81. The van der Waals surface area contributed by atoms with E-state index >= 15 is 0 Å². The van der Waals surface area contributed by atoms with Crippen LogP contribution in [0, 0.1) is 4.91 Å². The number of rotatable bonds is 9. The van der Waals surface area contributed by atoms with E-state index in [2.05, 4.69) is 26.9 Å². The van der Waals surface area contributed by atoms with E-state index in [0.717, 1.165) is 18.3 Å². The molecule has 0 spiro atoms. The Balaban J connectivity index is 1.96. The molecule has 7 nitrogen and oxygen atoms in total. The van der Waals surface area contributed by atoms with Crippen LogP contribution in [-0.2, 0) is 9.53 Å². The predicted molar refractivity (Wildman–Crippen MR) is 102 cm³/mol. The number of nitrogens with zero attached hydrogens (tertiary/aromatic N) is 4. The Labute approximate surface area is 152 Å². The Morgan fingerprint density at radius 2 is 1.58 bits per heavy atom. The number of hydrogen-bond acceptors (Lipinski definition) is 7. The molecule has 0 bridgehead atoms. The van der Waals surface area contributed by atoms with Crippen LogP contribution in [0.25, 0.3) is 0 Å². The molecule has 0 heterocycles. The van der Waals surface area contributed by atoms with Crippen LogP contribution in [0.15, 0.2) is 76.6 Å². The van der Waals surface area contributed by atoms with Crippen LogP contribution < -0.4 is 4.90 Å². The first-order valence-corrected chi connectivity index (χ1v) is 8.15. The minimum atomic E-state index is -0.422. The minimum Gasteiger partial charge on any atom is -0.461 e. The lowest BCUT2D eigenvalue weighted by Gasteiger charge is -2.22. The van der Waals surface area contributed by atoms with Crippen molar-refractivity contribution in [2.24, 2.45) is 15.4 Å². The van der Waals surface area contributed by atoms with Gasteiger partial charge in [-0.25, -0.2) is 4.79 Å². The van der Waals surface area contributed by atoms with Gasteiger partial charge in [0.05, 0.1) is 17.9 Å². The van der Waals surface area contributed by atoms with Crippen molar-refractivity contribution in [3.63, 3.8) is 0 Å². The van der Waals surface area contributed by atoms with Gasteiger partial charge in [0.15, 0.2) is 0 Å². The van der Waals surface area contributed by atoms with Crippen molar-refractivity contribution < 1.29 is 9.53 Å². The van der Waals surface area contributed by atoms with Crippen LogP contribution >= 0.6 is 0 Å². The average molecular weight is 352 g/mol. The largest absolute Gasteiger partial charge is 0.461 e. The number of benzene rings is 2. The maximum absolute atomic E-state index is 11.1. The Kier molecular flexibility index (Phi) is 7.17. The number of hydrogen-bond donors (Lipinski definition) is 0. The molecule has 0 aromatic heterocycles. The first kappa shape index (κ1) is 19.0. The van der Waals surface area contributed by atoms with Crippen LogP contribution in [0.3, 0.4) is 0 Å². The van der Waals surface area contributed by atoms with E-state index in [-0.39, 0.29) is 0 Å². The van der Waals surface area contributed by atoms with Crippen LogP contribution in [0.2, 0.25) is 0 Å². The third-order valence-electron chi connectivity index (χ3n) is 3.60. The number of carbonyl (C=O) groups excluding carboxylic acids is 1. The molecule has 0 N–H and O–H groups in total. The fourth-order valence-corrected chi connectivity index (χ4v) is 2.21. The van der Waals surface area contributed by atoms with E-state index in [1.807, 2.05) is 31.2 Å². The molecule has 0 saturated heterocycles. The van der Waals surface area contributed by atoms with Gasteiger partial charge >= 0.3 is 5.97 Å². The summed E-state index contributed by atoms with van der Waals surface area (Å²) < 4.78 is 5.01. The van der Waals surface area contributed by atoms with Crippen molar-refractivity contribution in [3.8, 4) is 0 Å². The zero-order chi connectivity index (χ0) is 18.8. The third-order valence-corrected chi connectivity index (χ3v) is 3.60. The maximum Gasteiger partial charge on any atom is 0.330 e. The van der Waals surface area contributed by atoms with Gasteiger partial charge < -0.3 is 9.64 Å². The monoisotopic (exact) mass is 352 g/mol. The maximum atomic E-state index is 11.1. The second-order valence-electron chi connectivity index (χ2n) is 5.28. The number of esters is 1. The van der Waals surface area contributed by atoms with E-state index in [1.165, 1.54) is 0 Å². The van der Waals surface area contributed by atoms with Crippen LogP contribution in [-0.4, -0.2) is 25.7 Å². The van der Waals surface area contributed by atoms with E-state index in [0.29, 0.717) is 30.2 Å². The zero-order valence-corrected chi connectivity index (χ0v) is 14.5. The van der Waals surface area contributed by atoms with E-state index in [4.69, 9.17) is 4.74 Å². The van der Waals surface area contributed by atoms with Crippen molar-refractivity contribution >= 4 is 28.7 Å². The summed E-state index contributed by atoms with van der Waals surface area (Å²) in [5, 5.41) is 11.1. The van der Waals surface area contributed by atoms with Gasteiger partial charge in [-0.15, -0.1) is 4.91 Å². The van der Waals surface area contributed by atoms with E-state index in [1.54, 1.807) is 24.3 Å². The number of likely N-dealkylation sites (N-methyl/N-ethyl adjacent to an activating group) is 1. The summed E-state index contributed by atoms with van der Waals surface area (Å²) in [6.07, 6.45) is 1.15. The summed E-state index contributed by atoms with van der Waals surface area (Å²) in [6.45, 7) is 7.07. The summed E-state index contributed by atoms with van der Waals surface area (Å²) in [6, 6.07) is 14.1. The van der Waals surface area contributed by atoms with Gasteiger partial charge in [-0.2, -0.15) is 10.2 Å². The van der Waals surface area contributed by atoms with Gasteiger partial charge in [0, 0.05) is 18.3 Å².